The third-order valence-electron chi connectivity index (χ3n) is 4.98. The predicted molar refractivity (Wildman–Crippen MR) is 107 cm³/mol. The number of hydrogen-bond donors (Lipinski definition) is 2. The topological polar surface area (TPSA) is 101 Å². The highest BCUT2D eigenvalue weighted by Crippen LogP contribution is 2.25. The minimum absolute atomic E-state index is 0.127. The number of nitrogens with zero attached hydrogens (tertiary/aromatic N) is 3. The maximum absolute atomic E-state index is 11.3. The Kier molecular flexibility index (Phi) is 6.28. The molecule has 27 heavy (non-hydrogen) atoms. The molecule has 1 fully saturated rings. The van der Waals surface area contributed by atoms with Crippen LogP contribution in [0.2, 0.25) is 0 Å². The van der Waals surface area contributed by atoms with Crippen molar-refractivity contribution >= 4 is 21.8 Å². The number of nitrogens with one attached hydrogen (secondary N) is 1. The minimum atomic E-state index is -3.65. The van der Waals surface area contributed by atoms with Crippen LogP contribution in [0.1, 0.15) is 38.2 Å². The molecule has 1 saturated heterocycles. The van der Waals surface area contributed by atoms with Crippen LogP contribution < -0.4 is 15.4 Å². The molecular weight excluding hydrogens is 362 g/mol. The Morgan fingerprint density at radius 3 is 2.70 bits per heavy atom. The van der Waals surface area contributed by atoms with E-state index in [9.17, 15) is 8.42 Å². The van der Waals surface area contributed by atoms with Crippen molar-refractivity contribution in [3.8, 4) is 0 Å². The highest BCUT2D eigenvalue weighted by molar-refractivity contribution is 7.89. The number of anilines is 2. The van der Waals surface area contributed by atoms with E-state index in [-0.39, 0.29) is 4.90 Å². The maximum atomic E-state index is 11.3. The van der Waals surface area contributed by atoms with Crippen LogP contribution in [0.15, 0.2) is 41.4 Å². The van der Waals surface area contributed by atoms with Gasteiger partial charge in [-0.2, -0.15) is 4.98 Å². The Morgan fingerprint density at radius 2 is 2.00 bits per heavy atom. The van der Waals surface area contributed by atoms with Crippen molar-refractivity contribution < 1.29 is 8.42 Å². The van der Waals surface area contributed by atoms with Crippen molar-refractivity contribution in [1.82, 2.24) is 9.97 Å². The molecule has 0 spiro atoms. The third-order valence-corrected chi connectivity index (χ3v) is 5.91. The van der Waals surface area contributed by atoms with Crippen LogP contribution in [0.5, 0.6) is 0 Å². The van der Waals surface area contributed by atoms with Crippen LogP contribution >= 0.6 is 0 Å². The number of rotatable bonds is 7. The summed E-state index contributed by atoms with van der Waals surface area (Å²) in [7, 11) is -3.65. The van der Waals surface area contributed by atoms with Crippen molar-refractivity contribution in [1.29, 1.82) is 0 Å². The summed E-state index contributed by atoms with van der Waals surface area (Å²) in [5.74, 6) is 1.60. The molecule has 1 aromatic carbocycles. The molecule has 7 nitrogen and oxygen atoms in total. The highest BCUT2D eigenvalue weighted by Gasteiger charge is 2.22. The lowest BCUT2D eigenvalue weighted by molar-refractivity contribution is 0.447. The smallest absolute Gasteiger partial charge is 0.238 e. The molecule has 2 heterocycles. The lowest BCUT2D eigenvalue weighted by atomic mass is 10.0. The van der Waals surface area contributed by atoms with Crippen LogP contribution in [0.25, 0.3) is 0 Å². The van der Waals surface area contributed by atoms with Gasteiger partial charge in [0, 0.05) is 25.3 Å². The second-order valence-electron chi connectivity index (χ2n) is 6.86. The molecule has 146 valence electrons. The van der Waals surface area contributed by atoms with Crippen molar-refractivity contribution in [2.24, 2.45) is 5.14 Å². The molecule has 0 saturated carbocycles. The van der Waals surface area contributed by atoms with Gasteiger partial charge < -0.3 is 10.2 Å². The van der Waals surface area contributed by atoms with Gasteiger partial charge in [-0.15, -0.1) is 0 Å². The van der Waals surface area contributed by atoms with Gasteiger partial charge in [0.25, 0.3) is 0 Å². The van der Waals surface area contributed by atoms with E-state index in [2.05, 4.69) is 27.1 Å². The number of sulfonamides is 1. The van der Waals surface area contributed by atoms with E-state index < -0.39 is 10.0 Å². The van der Waals surface area contributed by atoms with Crippen LogP contribution in [-0.4, -0.2) is 37.5 Å². The van der Waals surface area contributed by atoms with E-state index in [1.165, 1.54) is 31.4 Å². The molecule has 0 aliphatic carbocycles. The fraction of sp³-hybridized carbons (Fsp3) is 0.474. The van der Waals surface area contributed by atoms with Gasteiger partial charge in [-0.1, -0.05) is 19.1 Å². The summed E-state index contributed by atoms with van der Waals surface area (Å²) in [4.78, 5) is 11.5. The Hall–Kier alpha value is -2.19. The molecule has 2 aromatic rings. The van der Waals surface area contributed by atoms with E-state index >= 15 is 0 Å². The van der Waals surface area contributed by atoms with Gasteiger partial charge >= 0.3 is 0 Å². The molecule has 0 bridgehead atoms. The van der Waals surface area contributed by atoms with Crippen LogP contribution in [-0.2, 0) is 16.4 Å². The summed E-state index contributed by atoms with van der Waals surface area (Å²) in [6.07, 6.45) is 7.37. The zero-order valence-electron chi connectivity index (χ0n) is 15.6. The molecule has 3 rings (SSSR count). The number of piperidine rings is 1. The zero-order valence-corrected chi connectivity index (χ0v) is 16.5. The number of nitrogens with two attached hydrogens (primary N) is 1. The Bertz CT molecular complexity index is 855. The fourth-order valence-corrected chi connectivity index (χ4v) is 4.00. The van der Waals surface area contributed by atoms with E-state index in [0.717, 1.165) is 30.8 Å². The van der Waals surface area contributed by atoms with E-state index in [4.69, 9.17) is 5.14 Å². The Morgan fingerprint density at radius 1 is 1.22 bits per heavy atom. The number of primary sulfonamides is 1. The van der Waals surface area contributed by atoms with Gasteiger partial charge in [-0.05, 0) is 55.9 Å². The summed E-state index contributed by atoms with van der Waals surface area (Å²) < 4.78 is 22.6. The summed E-state index contributed by atoms with van der Waals surface area (Å²) >= 11 is 0. The largest absolute Gasteiger partial charge is 0.354 e. The lowest BCUT2D eigenvalue weighted by Crippen LogP contribution is -2.39. The SMILES string of the molecule is CCC1CCCCN1c1ccnc(NCCc2ccc(S(N)(=O)=O)cc2)n1. The van der Waals surface area contributed by atoms with Crippen LogP contribution in [0.3, 0.4) is 0 Å². The maximum Gasteiger partial charge on any atom is 0.238 e. The first-order valence-corrected chi connectivity index (χ1v) is 11.0. The number of hydrogen-bond acceptors (Lipinski definition) is 6. The quantitative estimate of drug-likeness (QED) is 0.755. The molecule has 0 radical (unpaired) electrons. The zero-order chi connectivity index (χ0) is 19.3. The Labute approximate surface area is 161 Å². The first-order chi connectivity index (χ1) is 13.0. The van der Waals surface area contributed by atoms with Gasteiger partial charge in [0.1, 0.15) is 5.82 Å². The fourth-order valence-electron chi connectivity index (χ4n) is 3.49. The number of benzene rings is 1. The van der Waals surface area contributed by atoms with Gasteiger partial charge in [-0.25, -0.2) is 18.5 Å². The molecule has 3 N–H and O–H groups in total. The summed E-state index contributed by atoms with van der Waals surface area (Å²) in [6, 6.07) is 9.15. The summed E-state index contributed by atoms with van der Waals surface area (Å²) in [5.41, 5.74) is 1.02. The standard InChI is InChI=1S/C19H27N5O2S/c1-2-16-5-3-4-14-24(16)18-11-13-22-19(23-18)21-12-10-15-6-8-17(9-7-15)27(20,25)26/h6-9,11,13,16H,2-5,10,12,14H2,1H3,(H2,20,25,26)(H,21,22,23). The first-order valence-electron chi connectivity index (χ1n) is 9.42. The second-order valence-corrected chi connectivity index (χ2v) is 8.42. The molecule has 1 atom stereocenters. The van der Waals surface area contributed by atoms with Gasteiger partial charge in [-0.3, -0.25) is 0 Å². The molecule has 1 aliphatic rings. The second kappa shape index (κ2) is 8.67. The number of aromatic nitrogens is 2. The highest BCUT2D eigenvalue weighted by atomic mass is 32.2. The normalized spacial score (nSPS) is 17.7. The van der Waals surface area contributed by atoms with Crippen molar-refractivity contribution in [2.45, 2.75) is 50.0 Å². The average Bonchev–Trinajstić information content (AvgIpc) is 2.68. The minimum Gasteiger partial charge on any atom is -0.354 e. The Balaban J connectivity index is 1.58. The molecule has 0 amide bonds. The molecule has 1 aromatic heterocycles. The monoisotopic (exact) mass is 389 g/mol. The summed E-state index contributed by atoms with van der Waals surface area (Å²) in [6.45, 7) is 3.94. The van der Waals surface area contributed by atoms with Crippen molar-refractivity contribution in [2.75, 3.05) is 23.3 Å². The molecular formula is C19H27N5O2S. The average molecular weight is 390 g/mol. The molecule has 1 unspecified atom stereocenters. The van der Waals surface area contributed by atoms with Gasteiger partial charge in [0.05, 0.1) is 4.90 Å². The van der Waals surface area contributed by atoms with Gasteiger partial charge in [0.2, 0.25) is 16.0 Å². The summed E-state index contributed by atoms with van der Waals surface area (Å²) in [5, 5.41) is 8.38. The predicted octanol–water partition coefficient (Wildman–Crippen LogP) is 2.55. The first kappa shape index (κ1) is 19.6. The molecule has 8 heteroatoms. The van der Waals surface area contributed by atoms with Gasteiger partial charge in [0.15, 0.2) is 0 Å². The molecule has 1 aliphatic heterocycles. The lowest BCUT2D eigenvalue weighted by Gasteiger charge is -2.36. The van der Waals surface area contributed by atoms with E-state index in [0.29, 0.717) is 18.5 Å². The van der Waals surface area contributed by atoms with Crippen molar-refractivity contribution in [3.05, 3.63) is 42.1 Å². The van der Waals surface area contributed by atoms with Crippen molar-refractivity contribution in [3.63, 3.8) is 0 Å². The van der Waals surface area contributed by atoms with Crippen LogP contribution in [0.4, 0.5) is 11.8 Å². The van der Waals surface area contributed by atoms with E-state index in [1.54, 1.807) is 18.3 Å². The van der Waals surface area contributed by atoms with E-state index in [1.807, 2.05) is 6.07 Å². The van der Waals surface area contributed by atoms with Crippen LogP contribution in [0, 0.1) is 0 Å². The third kappa shape index (κ3) is 5.17.